The molecule has 0 amide bonds. The maximum atomic E-state index is 6.18. The average Bonchev–Trinajstić information content (AvgIpc) is 2.42. The van der Waals surface area contributed by atoms with Crippen LogP contribution in [0.25, 0.3) is 0 Å². The van der Waals surface area contributed by atoms with E-state index in [-0.39, 0.29) is 0 Å². The Morgan fingerprint density at radius 3 is 2.65 bits per heavy atom. The number of halogens is 2. The van der Waals surface area contributed by atoms with Gasteiger partial charge in [-0.05, 0) is 42.7 Å². The molecule has 20 heavy (non-hydrogen) atoms. The number of ether oxygens (including phenoxy) is 1. The van der Waals surface area contributed by atoms with E-state index in [1.54, 1.807) is 0 Å². The number of hydrogen-bond donors (Lipinski definition) is 0. The summed E-state index contributed by atoms with van der Waals surface area (Å²) in [6, 6.07) is 9.55. The lowest BCUT2D eigenvalue weighted by molar-refractivity contribution is 0.460. The zero-order valence-corrected chi connectivity index (χ0v) is 13.1. The number of hydrogen-bond acceptors (Lipinski definition) is 2. The highest BCUT2D eigenvalue weighted by atomic mass is 35.5. The molecule has 106 valence electrons. The molecule has 0 saturated carbocycles. The molecule has 0 bridgehead atoms. The summed E-state index contributed by atoms with van der Waals surface area (Å²) in [6.07, 6.45) is 1.94. The van der Waals surface area contributed by atoms with Crippen molar-refractivity contribution >= 4 is 23.2 Å². The molecule has 1 aromatic carbocycles. The Morgan fingerprint density at radius 2 is 2.00 bits per heavy atom. The summed E-state index contributed by atoms with van der Waals surface area (Å²) in [5.41, 5.74) is 3.09. The van der Waals surface area contributed by atoms with Gasteiger partial charge in [-0.25, -0.2) is 4.98 Å². The quantitative estimate of drug-likeness (QED) is 0.678. The molecule has 0 aliphatic rings. The minimum absolute atomic E-state index is 0.442. The number of alkyl halides is 1. The normalized spacial score (nSPS) is 10.6. The lowest BCUT2D eigenvalue weighted by atomic mass is 10.2. The summed E-state index contributed by atoms with van der Waals surface area (Å²) >= 11 is 12.1. The molecule has 0 aliphatic heterocycles. The number of aromatic nitrogens is 1. The Morgan fingerprint density at radius 1 is 1.20 bits per heavy atom. The second-order valence-electron chi connectivity index (χ2n) is 4.72. The molecule has 0 fully saturated rings. The van der Waals surface area contributed by atoms with Gasteiger partial charge < -0.3 is 4.74 Å². The highest BCUT2D eigenvalue weighted by Crippen LogP contribution is 2.30. The van der Waals surface area contributed by atoms with Crippen molar-refractivity contribution in [3.63, 3.8) is 0 Å². The highest BCUT2D eigenvalue weighted by Gasteiger charge is 2.07. The SMILES string of the molecule is CCCc1cc(CCl)cc(Oc2ccc(C)cc2Cl)n1. The molecule has 2 rings (SSSR count). The third-order valence-corrected chi connectivity index (χ3v) is 3.48. The van der Waals surface area contributed by atoms with Crippen LogP contribution in [0.15, 0.2) is 30.3 Å². The van der Waals surface area contributed by atoms with Crippen LogP contribution >= 0.6 is 23.2 Å². The van der Waals surface area contributed by atoms with E-state index < -0.39 is 0 Å². The summed E-state index contributed by atoms with van der Waals surface area (Å²) < 4.78 is 5.79. The molecule has 0 spiro atoms. The van der Waals surface area contributed by atoms with E-state index >= 15 is 0 Å². The van der Waals surface area contributed by atoms with Crippen LogP contribution in [-0.2, 0) is 12.3 Å². The molecular formula is C16H17Cl2NO. The summed E-state index contributed by atoms with van der Waals surface area (Å²) in [5.74, 6) is 1.59. The Kier molecular flexibility index (Phi) is 5.27. The summed E-state index contributed by atoms with van der Waals surface area (Å²) in [4.78, 5) is 4.49. The van der Waals surface area contributed by atoms with Crippen LogP contribution in [0, 0.1) is 6.92 Å². The first kappa shape index (κ1) is 15.1. The van der Waals surface area contributed by atoms with Gasteiger partial charge in [0.15, 0.2) is 0 Å². The predicted octanol–water partition coefficient (Wildman–Crippen LogP) is 5.53. The summed E-state index contributed by atoms with van der Waals surface area (Å²) in [5, 5.41) is 0.583. The minimum Gasteiger partial charge on any atom is -0.437 e. The molecule has 1 heterocycles. The monoisotopic (exact) mass is 309 g/mol. The van der Waals surface area contributed by atoms with Gasteiger partial charge >= 0.3 is 0 Å². The van der Waals surface area contributed by atoms with Crippen molar-refractivity contribution in [2.24, 2.45) is 0 Å². The number of benzene rings is 1. The largest absolute Gasteiger partial charge is 0.437 e. The van der Waals surface area contributed by atoms with Crippen molar-refractivity contribution in [1.29, 1.82) is 0 Å². The van der Waals surface area contributed by atoms with Crippen molar-refractivity contribution in [1.82, 2.24) is 4.98 Å². The van der Waals surface area contributed by atoms with Gasteiger partial charge in [-0.3, -0.25) is 0 Å². The van der Waals surface area contributed by atoms with Crippen LogP contribution < -0.4 is 4.74 Å². The first-order valence-electron chi connectivity index (χ1n) is 6.62. The molecule has 0 unspecified atom stereocenters. The minimum atomic E-state index is 0.442. The van der Waals surface area contributed by atoms with Gasteiger partial charge in [-0.2, -0.15) is 0 Å². The Bertz CT molecular complexity index is 599. The zero-order chi connectivity index (χ0) is 14.5. The Hall–Kier alpha value is -1.25. The molecular weight excluding hydrogens is 293 g/mol. The topological polar surface area (TPSA) is 22.1 Å². The van der Waals surface area contributed by atoms with Gasteiger partial charge in [-0.1, -0.05) is 31.0 Å². The van der Waals surface area contributed by atoms with Crippen LogP contribution in [0.4, 0.5) is 0 Å². The standard InChI is InChI=1S/C16H17Cl2NO/c1-3-4-13-8-12(10-17)9-16(19-13)20-15-6-5-11(2)7-14(15)18/h5-9H,3-4,10H2,1-2H3. The molecule has 0 atom stereocenters. The van der Waals surface area contributed by atoms with E-state index in [9.17, 15) is 0 Å². The maximum Gasteiger partial charge on any atom is 0.219 e. The summed E-state index contributed by atoms with van der Waals surface area (Å²) in [7, 11) is 0. The van der Waals surface area contributed by atoms with Crippen LogP contribution in [-0.4, -0.2) is 4.98 Å². The number of nitrogens with zero attached hydrogens (tertiary/aromatic N) is 1. The summed E-state index contributed by atoms with van der Waals surface area (Å²) in [6.45, 7) is 4.10. The van der Waals surface area contributed by atoms with Crippen molar-refractivity contribution < 1.29 is 4.74 Å². The fourth-order valence-corrected chi connectivity index (χ4v) is 2.36. The van der Waals surface area contributed by atoms with E-state index in [1.165, 1.54) is 0 Å². The van der Waals surface area contributed by atoms with Gasteiger partial charge in [0, 0.05) is 17.6 Å². The molecule has 2 aromatic rings. The fraction of sp³-hybridized carbons (Fsp3) is 0.312. The lowest BCUT2D eigenvalue weighted by Crippen LogP contribution is -1.96. The van der Waals surface area contributed by atoms with Gasteiger partial charge in [0.2, 0.25) is 5.88 Å². The van der Waals surface area contributed by atoms with Crippen LogP contribution in [0.2, 0.25) is 5.02 Å². The third kappa shape index (κ3) is 3.87. The van der Waals surface area contributed by atoms with E-state index in [0.29, 0.717) is 22.5 Å². The molecule has 4 heteroatoms. The molecule has 0 saturated heterocycles. The predicted molar refractivity (Wildman–Crippen MR) is 84.1 cm³/mol. The smallest absolute Gasteiger partial charge is 0.219 e. The molecule has 0 N–H and O–H groups in total. The zero-order valence-electron chi connectivity index (χ0n) is 11.6. The van der Waals surface area contributed by atoms with Crippen LogP contribution in [0.5, 0.6) is 11.6 Å². The average molecular weight is 310 g/mol. The first-order chi connectivity index (χ1) is 9.62. The molecule has 2 nitrogen and oxygen atoms in total. The molecule has 0 aliphatic carbocycles. The fourth-order valence-electron chi connectivity index (χ4n) is 1.94. The Labute approximate surface area is 129 Å². The van der Waals surface area contributed by atoms with E-state index in [1.807, 2.05) is 37.3 Å². The van der Waals surface area contributed by atoms with Crippen LogP contribution in [0.1, 0.15) is 30.2 Å². The second kappa shape index (κ2) is 6.96. The van der Waals surface area contributed by atoms with E-state index in [4.69, 9.17) is 27.9 Å². The van der Waals surface area contributed by atoms with Crippen molar-refractivity contribution in [2.75, 3.05) is 0 Å². The molecule has 0 radical (unpaired) electrons. The second-order valence-corrected chi connectivity index (χ2v) is 5.40. The van der Waals surface area contributed by atoms with Gasteiger partial charge in [0.1, 0.15) is 5.75 Å². The lowest BCUT2D eigenvalue weighted by Gasteiger charge is -2.10. The van der Waals surface area contributed by atoms with Gasteiger partial charge in [-0.15, -0.1) is 11.6 Å². The van der Waals surface area contributed by atoms with Gasteiger partial charge in [0.05, 0.1) is 5.02 Å². The van der Waals surface area contributed by atoms with E-state index in [2.05, 4.69) is 11.9 Å². The number of pyridine rings is 1. The maximum absolute atomic E-state index is 6.18. The third-order valence-electron chi connectivity index (χ3n) is 2.88. The van der Waals surface area contributed by atoms with Crippen molar-refractivity contribution in [3.05, 3.63) is 52.2 Å². The van der Waals surface area contributed by atoms with E-state index in [0.717, 1.165) is 29.7 Å². The van der Waals surface area contributed by atoms with Crippen molar-refractivity contribution in [2.45, 2.75) is 32.6 Å². The van der Waals surface area contributed by atoms with Gasteiger partial charge in [0.25, 0.3) is 0 Å². The van der Waals surface area contributed by atoms with Crippen molar-refractivity contribution in [3.8, 4) is 11.6 Å². The van der Waals surface area contributed by atoms with Crippen LogP contribution in [0.3, 0.4) is 0 Å². The number of rotatable bonds is 5. The number of aryl methyl sites for hydroxylation is 2. The Balaban J connectivity index is 2.29. The molecule has 1 aromatic heterocycles. The highest BCUT2D eigenvalue weighted by molar-refractivity contribution is 6.32. The first-order valence-corrected chi connectivity index (χ1v) is 7.53.